The van der Waals surface area contributed by atoms with Crippen molar-refractivity contribution in [3.63, 3.8) is 0 Å². The van der Waals surface area contributed by atoms with Crippen molar-refractivity contribution >= 4 is 5.91 Å². The lowest BCUT2D eigenvalue weighted by atomic mass is 10.1. The Morgan fingerprint density at radius 2 is 2.06 bits per heavy atom. The van der Waals surface area contributed by atoms with E-state index < -0.39 is 0 Å². The number of hydrogen-bond donors (Lipinski definition) is 1. The highest BCUT2D eigenvalue weighted by Crippen LogP contribution is 2.30. The highest BCUT2D eigenvalue weighted by Gasteiger charge is 2.13. The number of nitrogens with one attached hydrogen (secondary N) is 1. The summed E-state index contributed by atoms with van der Waals surface area (Å²) in [6, 6.07) is 5.86. The summed E-state index contributed by atoms with van der Waals surface area (Å²) < 4.78 is 10.9. The Labute approximate surface area is 107 Å². The van der Waals surface area contributed by atoms with Crippen molar-refractivity contribution in [3.8, 4) is 11.5 Å². The Kier molecular flexibility index (Phi) is 4.07. The molecule has 0 aromatic heterocycles. The van der Waals surface area contributed by atoms with Gasteiger partial charge in [0.15, 0.2) is 11.5 Å². The molecule has 0 radical (unpaired) electrons. The minimum absolute atomic E-state index is 0.0426. The SMILES string of the molecule is CC[C@@H](C)NC(=O)Cc1ccc2c(c1)OCCO2. The van der Waals surface area contributed by atoms with Gasteiger partial charge in [-0.2, -0.15) is 0 Å². The van der Waals surface area contributed by atoms with E-state index >= 15 is 0 Å². The van der Waals surface area contributed by atoms with Gasteiger partial charge < -0.3 is 14.8 Å². The van der Waals surface area contributed by atoms with Crippen LogP contribution in [0.2, 0.25) is 0 Å². The van der Waals surface area contributed by atoms with Gasteiger partial charge in [-0.05, 0) is 31.0 Å². The van der Waals surface area contributed by atoms with Crippen LogP contribution in [0.5, 0.6) is 11.5 Å². The van der Waals surface area contributed by atoms with Gasteiger partial charge in [0.2, 0.25) is 5.91 Å². The summed E-state index contributed by atoms with van der Waals surface area (Å²) in [5, 5.41) is 2.95. The molecule has 1 heterocycles. The molecule has 1 amide bonds. The number of fused-ring (bicyclic) bond motifs is 1. The molecule has 0 saturated carbocycles. The van der Waals surface area contributed by atoms with Gasteiger partial charge in [0.1, 0.15) is 13.2 Å². The Morgan fingerprint density at radius 3 is 2.78 bits per heavy atom. The molecule has 1 aliphatic rings. The first-order valence-corrected chi connectivity index (χ1v) is 6.37. The van der Waals surface area contributed by atoms with E-state index in [1.165, 1.54) is 0 Å². The number of benzene rings is 1. The van der Waals surface area contributed by atoms with E-state index in [2.05, 4.69) is 12.2 Å². The molecule has 0 saturated heterocycles. The highest BCUT2D eigenvalue weighted by atomic mass is 16.6. The minimum atomic E-state index is 0.0426. The van der Waals surface area contributed by atoms with Crippen LogP contribution >= 0.6 is 0 Å². The van der Waals surface area contributed by atoms with Crippen molar-refractivity contribution in [2.75, 3.05) is 13.2 Å². The zero-order valence-electron chi connectivity index (χ0n) is 10.9. The zero-order chi connectivity index (χ0) is 13.0. The van der Waals surface area contributed by atoms with Crippen molar-refractivity contribution < 1.29 is 14.3 Å². The Bertz CT molecular complexity index is 431. The molecule has 1 aromatic carbocycles. The fraction of sp³-hybridized carbons (Fsp3) is 0.500. The molecule has 0 fully saturated rings. The zero-order valence-corrected chi connectivity index (χ0v) is 10.9. The van der Waals surface area contributed by atoms with Crippen LogP contribution in [0.4, 0.5) is 0 Å². The standard InChI is InChI=1S/C14H19NO3/c1-3-10(2)15-14(16)9-11-4-5-12-13(8-11)18-7-6-17-12/h4-5,8,10H,3,6-7,9H2,1-2H3,(H,15,16)/t10-/m1/s1. The third-order valence-corrected chi connectivity index (χ3v) is 2.99. The van der Waals surface area contributed by atoms with Gasteiger partial charge in [0, 0.05) is 6.04 Å². The summed E-state index contributed by atoms with van der Waals surface area (Å²) in [5.41, 5.74) is 0.944. The smallest absolute Gasteiger partial charge is 0.224 e. The first-order valence-electron chi connectivity index (χ1n) is 6.37. The predicted octanol–water partition coefficient (Wildman–Crippen LogP) is 1.92. The van der Waals surface area contributed by atoms with E-state index in [-0.39, 0.29) is 11.9 Å². The average Bonchev–Trinajstić information content (AvgIpc) is 2.38. The van der Waals surface area contributed by atoms with Crippen molar-refractivity contribution in [1.82, 2.24) is 5.32 Å². The van der Waals surface area contributed by atoms with Crippen molar-refractivity contribution in [3.05, 3.63) is 23.8 Å². The van der Waals surface area contributed by atoms with Gasteiger partial charge in [-0.3, -0.25) is 4.79 Å². The number of carbonyl (C=O) groups is 1. The molecular formula is C14H19NO3. The Morgan fingerprint density at radius 1 is 1.33 bits per heavy atom. The Hall–Kier alpha value is -1.71. The number of amides is 1. The van der Waals surface area contributed by atoms with E-state index in [1.54, 1.807) is 0 Å². The molecule has 18 heavy (non-hydrogen) atoms. The van der Waals surface area contributed by atoms with Gasteiger partial charge in [-0.25, -0.2) is 0 Å². The monoisotopic (exact) mass is 249 g/mol. The van der Waals surface area contributed by atoms with Crippen molar-refractivity contribution in [2.24, 2.45) is 0 Å². The molecule has 0 aliphatic carbocycles. The number of ether oxygens (including phenoxy) is 2. The molecule has 1 atom stereocenters. The normalized spacial score (nSPS) is 15.0. The molecule has 1 N–H and O–H groups in total. The van der Waals surface area contributed by atoms with Gasteiger partial charge >= 0.3 is 0 Å². The molecule has 98 valence electrons. The fourth-order valence-corrected chi connectivity index (χ4v) is 1.81. The number of carbonyl (C=O) groups excluding carboxylic acids is 1. The maximum atomic E-state index is 11.8. The fourth-order valence-electron chi connectivity index (χ4n) is 1.81. The second-order valence-electron chi connectivity index (χ2n) is 4.53. The average molecular weight is 249 g/mol. The summed E-state index contributed by atoms with van der Waals surface area (Å²) in [6.45, 7) is 5.20. The second kappa shape index (κ2) is 5.76. The number of hydrogen-bond acceptors (Lipinski definition) is 3. The van der Waals surface area contributed by atoms with Crippen LogP contribution < -0.4 is 14.8 Å². The Balaban J connectivity index is 1.99. The summed E-state index contributed by atoms with van der Waals surface area (Å²) in [7, 11) is 0. The van der Waals surface area contributed by atoms with E-state index in [9.17, 15) is 4.79 Å². The van der Waals surface area contributed by atoms with Crippen LogP contribution in [0.25, 0.3) is 0 Å². The lowest BCUT2D eigenvalue weighted by Gasteiger charge is -2.19. The molecule has 1 aliphatic heterocycles. The summed E-state index contributed by atoms with van der Waals surface area (Å²) in [5.74, 6) is 1.53. The maximum absolute atomic E-state index is 11.8. The van der Waals surface area contributed by atoms with E-state index in [1.807, 2.05) is 25.1 Å². The molecule has 4 heteroatoms. The van der Waals surface area contributed by atoms with Crippen LogP contribution in [0.3, 0.4) is 0 Å². The second-order valence-corrected chi connectivity index (χ2v) is 4.53. The minimum Gasteiger partial charge on any atom is -0.486 e. The van der Waals surface area contributed by atoms with Crippen LogP contribution in [-0.4, -0.2) is 25.2 Å². The first kappa shape index (κ1) is 12.7. The molecule has 4 nitrogen and oxygen atoms in total. The van der Waals surface area contributed by atoms with Crippen LogP contribution in [0.15, 0.2) is 18.2 Å². The van der Waals surface area contributed by atoms with Gasteiger partial charge in [-0.1, -0.05) is 13.0 Å². The molecular weight excluding hydrogens is 230 g/mol. The van der Waals surface area contributed by atoms with Crippen LogP contribution in [0, 0.1) is 0 Å². The van der Waals surface area contributed by atoms with Crippen LogP contribution in [0.1, 0.15) is 25.8 Å². The lowest BCUT2D eigenvalue weighted by molar-refractivity contribution is -0.121. The first-order chi connectivity index (χ1) is 8.69. The summed E-state index contributed by atoms with van der Waals surface area (Å²) in [6.07, 6.45) is 1.31. The molecule has 2 rings (SSSR count). The molecule has 0 unspecified atom stereocenters. The largest absolute Gasteiger partial charge is 0.486 e. The predicted molar refractivity (Wildman–Crippen MR) is 69.0 cm³/mol. The quantitative estimate of drug-likeness (QED) is 0.886. The van der Waals surface area contributed by atoms with E-state index in [4.69, 9.17) is 9.47 Å². The molecule has 0 spiro atoms. The van der Waals surface area contributed by atoms with Gasteiger partial charge in [0.25, 0.3) is 0 Å². The third-order valence-electron chi connectivity index (χ3n) is 2.99. The summed E-state index contributed by atoms with van der Waals surface area (Å²) >= 11 is 0. The maximum Gasteiger partial charge on any atom is 0.224 e. The highest BCUT2D eigenvalue weighted by molar-refractivity contribution is 5.79. The molecule has 0 bridgehead atoms. The lowest BCUT2D eigenvalue weighted by Crippen LogP contribution is -2.33. The topological polar surface area (TPSA) is 47.6 Å². The van der Waals surface area contributed by atoms with Gasteiger partial charge in [-0.15, -0.1) is 0 Å². The van der Waals surface area contributed by atoms with Crippen molar-refractivity contribution in [2.45, 2.75) is 32.7 Å². The summed E-state index contributed by atoms with van der Waals surface area (Å²) in [4.78, 5) is 11.8. The van der Waals surface area contributed by atoms with E-state index in [0.29, 0.717) is 19.6 Å². The van der Waals surface area contributed by atoms with Gasteiger partial charge in [0.05, 0.1) is 6.42 Å². The molecule has 1 aromatic rings. The number of rotatable bonds is 4. The third kappa shape index (κ3) is 3.15. The van der Waals surface area contributed by atoms with Crippen molar-refractivity contribution in [1.29, 1.82) is 0 Å². The van der Waals surface area contributed by atoms with Crippen LogP contribution in [-0.2, 0) is 11.2 Å². The van der Waals surface area contributed by atoms with E-state index in [0.717, 1.165) is 23.5 Å².